The number of carbonyl (C=O) groups is 1. The lowest BCUT2D eigenvalue weighted by Crippen LogP contribution is -2.43. The summed E-state index contributed by atoms with van der Waals surface area (Å²) in [7, 11) is 0. The van der Waals surface area contributed by atoms with E-state index in [4.69, 9.17) is 9.47 Å². The third-order valence-electron chi connectivity index (χ3n) is 1.48. The Labute approximate surface area is 78.0 Å². The molecule has 1 atom stereocenters. The molecule has 0 saturated carbocycles. The van der Waals surface area contributed by atoms with Crippen molar-refractivity contribution in [3.63, 3.8) is 0 Å². The molecule has 1 aliphatic rings. The van der Waals surface area contributed by atoms with Crippen LogP contribution in [0.3, 0.4) is 0 Å². The van der Waals surface area contributed by atoms with Crippen LogP contribution in [0.1, 0.15) is 6.92 Å². The lowest BCUT2D eigenvalue weighted by atomic mass is 10.3. The molecule has 12 heavy (non-hydrogen) atoms. The fourth-order valence-corrected chi connectivity index (χ4v) is 0.952. The minimum atomic E-state index is -0.399. The zero-order chi connectivity index (χ0) is 8.10. The predicted octanol–water partition coefficient (Wildman–Crippen LogP) is -0.0403. The first-order chi connectivity index (χ1) is 5.34. The number of esters is 1. The summed E-state index contributed by atoms with van der Waals surface area (Å²) in [6.07, 6.45) is -0.399. The predicted molar refractivity (Wildman–Crippen MR) is 46.5 cm³/mol. The monoisotopic (exact) mass is 195 g/mol. The fraction of sp³-hybridized carbons (Fsp3) is 0.857. The van der Waals surface area contributed by atoms with Crippen LogP contribution in [-0.4, -0.2) is 38.4 Å². The quantitative estimate of drug-likeness (QED) is 0.629. The number of hydrogen-bond acceptors (Lipinski definition) is 4. The van der Waals surface area contributed by atoms with Gasteiger partial charge in [-0.15, -0.1) is 12.4 Å². The fourth-order valence-electron chi connectivity index (χ4n) is 0.952. The molecule has 0 unspecified atom stereocenters. The summed E-state index contributed by atoms with van der Waals surface area (Å²) in [6.45, 7) is 4.17. The number of ether oxygens (including phenoxy) is 2. The van der Waals surface area contributed by atoms with Gasteiger partial charge in [0.05, 0.1) is 13.2 Å². The number of carbonyl (C=O) groups excluding carboxylic acids is 1. The molecule has 4 nitrogen and oxygen atoms in total. The van der Waals surface area contributed by atoms with E-state index < -0.39 is 6.10 Å². The van der Waals surface area contributed by atoms with Gasteiger partial charge in [-0.3, -0.25) is 0 Å². The molecule has 0 radical (unpaired) electrons. The van der Waals surface area contributed by atoms with Gasteiger partial charge >= 0.3 is 5.97 Å². The number of nitrogens with one attached hydrogen (secondary N) is 1. The van der Waals surface area contributed by atoms with Gasteiger partial charge in [0.15, 0.2) is 6.10 Å². The van der Waals surface area contributed by atoms with Crippen molar-refractivity contribution in [3.8, 4) is 0 Å². The van der Waals surface area contributed by atoms with Crippen LogP contribution in [0.5, 0.6) is 0 Å². The van der Waals surface area contributed by atoms with E-state index in [1.165, 1.54) is 0 Å². The summed E-state index contributed by atoms with van der Waals surface area (Å²) >= 11 is 0. The third kappa shape index (κ3) is 3.38. The van der Waals surface area contributed by atoms with Crippen LogP contribution < -0.4 is 5.32 Å². The molecule has 1 N–H and O–H groups in total. The normalized spacial score (nSPS) is 22.6. The van der Waals surface area contributed by atoms with E-state index in [0.29, 0.717) is 19.8 Å². The highest BCUT2D eigenvalue weighted by molar-refractivity contribution is 5.85. The van der Waals surface area contributed by atoms with Crippen LogP contribution in [-0.2, 0) is 14.3 Å². The minimum Gasteiger partial charge on any atom is -0.464 e. The van der Waals surface area contributed by atoms with Crippen molar-refractivity contribution in [2.75, 3.05) is 26.3 Å². The number of rotatable bonds is 2. The Morgan fingerprint density at radius 1 is 1.75 bits per heavy atom. The van der Waals surface area contributed by atoms with Crippen molar-refractivity contribution in [2.45, 2.75) is 13.0 Å². The summed E-state index contributed by atoms with van der Waals surface area (Å²) in [4.78, 5) is 11.0. The molecule has 0 spiro atoms. The van der Waals surface area contributed by atoms with Crippen LogP contribution >= 0.6 is 12.4 Å². The highest BCUT2D eigenvalue weighted by atomic mass is 35.5. The van der Waals surface area contributed by atoms with Crippen LogP contribution in [0.25, 0.3) is 0 Å². The minimum absolute atomic E-state index is 0. The number of hydrogen-bond donors (Lipinski definition) is 1. The van der Waals surface area contributed by atoms with Gasteiger partial charge in [0.1, 0.15) is 0 Å². The van der Waals surface area contributed by atoms with E-state index in [0.717, 1.165) is 6.54 Å². The van der Waals surface area contributed by atoms with E-state index in [2.05, 4.69) is 5.32 Å². The topological polar surface area (TPSA) is 47.6 Å². The highest BCUT2D eigenvalue weighted by Crippen LogP contribution is 1.98. The van der Waals surface area contributed by atoms with Crippen molar-refractivity contribution in [1.82, 2.24) is 5.32 Å². The lowest BCUT2D eigenvalue weighted by Gasteiger charge is -2.21. The molecule has 0 aromatic carbocycles. The number of halogens is 1. The van der Waals surface area contributed by atoms with Crippen LogP contribution in [0, 0.1) is 0 Å². The zero-order valence-corrected chi connectivity index (χ0v) is 7.86. The standard InChI is InChI=1S/C7H13NO3.ClH/c1-2-10-7(9)6-5-8-3-4-11-6;/h6,8H,2-5H2,1H3;1H/t6-;/m1./s1. The molecule has 0 amide bonds. The molecular weight excluding hydrogens is 182 g/mol. The van der Waals surface area contributed by atoms with Gasteiger partial charge < -0.3 is 14.8 Å². The molecule has 1 rings (SSSR count). The summed E-state index contributed by atoms with van der Waals surface area (Å²) in [5, 5.41) is 3.05. The Bertz CT molecular complexity index is 137. The van der Waals surface area contributed by atoms with Gasteiger partial charge in [-0.1, -0.05) is 0 Å². The van der Waals surface area contributed by atoms with Crippen molar-refractivity contribution in [1.29, 1.82) is 0 Å². The first kappa shape index (κ1) is 11.7. The Balaban J connectivity index is 0.00000121. The van der Waals surface area contributed by atoms with Crippen molar-refractivity contribution in [2.24, 2.45) is 0 Å². The van der Waals surface area contributed by atoms with E-state index >= 15 is 0 Å². The maximum absolute atomic E-state index is 11.0. The molecule has 1 saturated heterocycles. The van der Waals surface area contributed by atoms with Gasteiger partial charge in [0, 0.05) is 13.1 Å². The van der Waals surface area contributed by atoms with Gasteiger partial charge in [-0.05, 0) is 6.92 Å². The lowest BCUT2D eigenvalue weighted by molar-refractivity contribution is -0.158. The van der Waals surface area contributed by atoms with Crippen LogP contribution in [0.15, 0.2) is 0 Å². The van der Waals surface area contributed by atoms with Crippen molar-refractivity contribution in [3.05, 3.63) is 0 Å². The SMILES string of the molecule is CCOC(=O)[C@H]1CNCCO1.Cl. The van der Waals surface area contributed by atoms with Gasteiger partial charge in [-0.25, -0.2) is 4.79 Å². The van der Waals surface area contributed by atoms with Gasteiger partial charge in [-0.2, -0.15) is 0 Å². The summed E-state index contributed by atoms with van der Waals surface area (Å²) in [6, 6.07) is 0. The molecule has 1 heterocycles. The molecule has 1 aliphatic heterocycles. The zero-order valence-electron chi connectivity index (χ0n) is 7.04. The third-order valence-corrected chi connectivity index (χ3v) is 1.48. The molecule has 72 valence electrons. The van der Waals surface area contributed by atoms with Gasteiger partial charge in [0.25, 0.3) is 0 Å². The molecular formula is C7H14ClNO3. The second-order valence-electron chi connectivity index (χ2n) is 2.32. The summed E-state index contributed by atoms with van der Waals surface area (Å²) in [5.41, 5.74) is 0. The van der Waals surface area contributed by atoms with Gasteiger partial charge in [0.2, 0.25) is 0 Å². The Morgan fingerprint density at radius 3 is 3.00 bits per heavy atom. The number of morpholine rings is 1. The van der Waals surface area contributed by atoms with Crippen LogP contribution in [0.2, 0.25) is 0 Å². The Hall–Kier alpha value is -0.320. The first-order valence-corrected chi connectivity index (χ1v) is 3.83. The van der Waals surface area contributed by atoms with E-state index in [1.54, 1.807) is 6.92 Å². The largest absolute Gasteiger partial charge is 0.464 e. The average molecular weight is 196 g/mol. The maximum Gasteiger partial charge on any atom is 0.336 e. The Kier molecular flexibility index (Phi) is 6.06. The molecule has 0 aromatic rings. The molecule has 5 heteroatoms. The van der Waals surface area contributed by atoms with E-state index in [1.807, 2.05) is 0 Å². The summed E-state index contributed by atoms with van der Waals surface area (Å²) < 4.78 is 9.93. The Morgan fingerprint density at radius 2 is 2.50 bits per heavy atom. The summed E-state index contributed by atoms with van der Waals surface area (Å²) in [5.74, 6) is -0.264. The smallest absolute Gasteiger partial charge is 0.336 e. The molecule has 0 aliphatic carbocycles. The maximum atomic E-state index is 11.0. The molecule has 0 bridgehead atoms. The highest BCUT2D eigenvalue weighted by Gasteiger charge is 2.22. The second-order valence-corrected chi connectivity index (χ2v) is 2.32. The molecule has 0 aromatic heterocycles. The molecule has 1 fully saturated rings. The first-order valence-electron chi connectivity index (χ1n) is 3.83. The van der Waals surface area contributed by atoms with E-state index in [9.17, 15) is 4.79 Å². The second kappa shape index (κ2) is 6.22. The van der Waals surface area contributed by atoms with Crippen molar-refractivity contribution < 1.29 is 14.3 Å². The van der Waals surface area contributed by atoms with E-state index in [-0.39, 0.29) is 18.4 Å². The average Bonchev–Trinajstić information content (AvgIpc) is 2.07. The van der Waals surface area contributed by atoms with Crippen LogP contribution in [0.4, 0.5) is 0 Å². The van der Waals surface area contributed by atoms with Crippen molar-refractivity contribution >= 4 is 18.4 Å².